The molecule has 2 aliphatic heterocycles. The molecule has 16 heteroatoms. The smallest absolute Gasteiger partial charge is 0.452 e. The third-order valence-corrected chi connectivity index (χ3v) is 11.9. The number of rotatable bonds is 12. The fourth-order valence-electron chi connectivity index (χ4n) is 6.08. The second-order valence-electron chi connectivity index (χ2n) is 12.4. The average Bonchev–Trinajstić information content (AvgIpc) is 3.70. The molecule has 1 saturated heterocycles. The zero-order chi connectivity index (χ0) is 39.3. The summed E-state index contributed by atoms with van der Waals surface area (Å²) in [7, 11) is -1.84. The second kappa shape index (κ2) is 17.3. The molecule has 1 aromatic heterocycles. The van der Waals surface area contributed by atoms with Crippen LogP contribution in [0.25, 0.3) is 0 Å². The fraction of sp³-hybridized carbons (Fsp3) is 0.150. The van der Waals surface area contributed by atoms with Crippen molar-refractivity contribution in [2.45, 2.75) is 23.9 Å². The number of thiophene rings is 1. The van der Waals surface area contributed by atoms with Crippen LogP contribution >= 0.6 is 46.1 Å². The van der Waals surface area contributed by atoms with Crippen LogP contribution in [0.15, 0.2) is 126 Å². The Morgan fingerprint density at radius 2 is 1.50 bits per heavy atom. The molecule has 3 atom stereocenters. The number of fused-ring (bicyclic) bond motifs is 1. The van der Waals surface area contributed by atoms with E-state index in [2.05, 4.69) is 5.32 Å². The van der Waals surface area contributed by atoms with Gasteiger partial charge in [-0.2, -0.15) is 0 Å². The Bertz CT molecular complexity index is 2300. The quantitative estimate of drug-likeness (QED) is 0.0747. The van der Waals surface area contributed by atoms with Crippen LogP contribution in [-0.2, 0) is 41.1 Å². The van der Waals surface area contributed by atoms with Gasteiger partial charge in [0.1, 0.15) is 29.5 Å². The van der Waals surface area contributed by atoms with Crippen LogP contribution in [0, 0.1) is 0 Å². The van der Waals surface area contributed by atoms with Crippen LogP contribution in [0.1, 0.15) is 22.1 Å². The summed E-state index contributed by atoms with van der Waals surface area (Å²) in [5, 5.41) is 4.22. The minimum atomic E-state index is -1.84. The van der Waals surface area contributed by atoms with Crippen LogP contribution < -0.4 is 14.8 Å². The van der Waals surface area contributed by atoms with E-state index in [0.29, 0.717) is 16.1 Å². The van der Waals surface area contributed by atoms with Crippen LogP contribution in [0.4, 0.5) is 4.79 Å². The Hall–Kier alpha value is -5.18. The molecule has 1 N–H and O–H groups in total. The number of nitrogens with one attached hydrogen (secondary N) is 1. The Kier molecular flexibility index (Phi) is 12.1. The minimum absolute atomic E-state index is 0.0225. The highest BCUT2D eigenvalue weighted by Gasteiger charge is 2.57. The van der Waals surface area contributed by atoms with Crippen LogP contribution in [-0.4, -0.2) is 56.8 Å². The fourth-order valence-corrected chi connectivity index (χ4v) is 9.06. The molecular formula is C40H29Cl3N2O9S2. The summed E-state index contributed by atoms with van der Waals surface area (Å²) in [5.74, 6) is -2.18. The maximum atomic E-state index is 14.3. The maximum absolute atomic E-state index is 14.3. The van der Waals surface area contributed by atoms with Crippen molar-refractivity contribution in [1.82, 2.24) is 10.2 Å². The van der Waals surface area contributed by atoms with E-state index in [1.165, 1.54) is 41.7 Å². The van der Waals surface area contributed by atoms with Gasteiger partial charge in [0.05, 0.1) is 28.0 Å². The molecule has 56 heavy (non-hydrogen) atoms. The highest BCUT2D eigenvalue weighted by Crippen LogP contribution is 2.39. The van der Waals surface area contributed by atoms with E-state index < -0.39 is 58.9 Å². The zero-order valence-electron chi connectivity index (χ0n) is 28.9. The lowest BCUT2D eigenvalue weighted by molar-refractivity contribution is -0.155. The van der Waals surface area contributed by atoms with Crippen molar-refractivity contribution in [3.8, 4) is 17.2 Å². The van der Waals surface area contributed by atoms with Gasteiger partial charge in [0.15, 0.2) is 17.6 Å². The number of carbonyl (C=O) groups is 4. The average molecular weight is 852 g/mol. The second-order valence-corrected chi connectivity index (χ2v) is 16.2. The van der Waals surface area contributed by atoms with E-state index in [0.717, 1.165) is 9.78 Å². The monoisotopic (exact) mass is 850 g/mol. The molecule has 1 fully saturated rings. The van der Waals surface area contributed by atoms with Crippen molar-refractivity contribution < 1.29 is 42.3 Å². The number of carbonyl (C=O) groups excluding carboxylic acids is 4. The molecule has 0 spiro atoms. The molecular weight excluding hydrogens is 823 g/mol. The van der Waals surface area contributed by atoms with E-state index in [9.17, 15) is 23.4 Å². The van der Waals surface area contributed by atoms with Gasteiger partial charge in [-0.05, 0) is 52.9 Å². The standard InChI is InChI=1S/C40H29Cl3N2O9S2/c41-26-13-15-30(29(43)18-26)52-31-16-14-27(42)19-32(31)53-40(49)51-21-25-22-56(50)38-34(44-33(46)20-28-12-7-17-55-28)37(47)45(38)35(25)39(48)54-36(23-8-3-1-4-9-23)24-10-5-2-6-11-24/h1-19,34,36,38H,20-22H2,(H,44,46)/t34-,38-,56?/m1/s1. The van der Waals surface area contributed by atoms with Crippen molar-refractivity contribution in [3.05, 3.63) is 157 Å². The van der Waals surface area contributed by atoms with Crippen LogP contribution in [0.5, 0.6) is 17.2 Å². The van der Waals surface area contributed by atoms with E-state index in [-0.39, 0.29) is 50.7 Å². The third kappa shape index (κ3) is 8.77. The van der Waals surface area contributed by atoms with Gasteiger partial charge in [-0.3, -0.25) is 18.7 Å². The van der Waals surface area contributed by atoms with E-state index in [4.69, 9.17) is 53.8 Å². The zero-order valence-corrected chi connectivity index (χ0v) is 32.8. The molecule has 11 nitrogen and oxygen atoms in total. The molecule has 0 radical (unpaired) electrons. The van der Waals surface area contributed by atoms with Gasteiger partial charge in [0.25, 0.3) is 5.91 Å². The maximum Gasteiger partial charge on any atom is 0.514 e. The van der Waals surface area contributed by atoms with Crippen molar-refractivity contribution in [3.63, 3.8) is 0 Å². The number of hydrogen-bond acceptors (Lipinski definition) is 10. The third-order valence-electron chi connectivity index (χ3n) is 8.64. The number of esters is 1. The lowest BCUT2D eigenvalue weighted by Gasteiger charge is -2.49. The largest absolute Gasteiger partial charge is 0.514 e. The number of amides is 2. The van der Waals surface area contributed by atoms with Gasteiger partial charge in [0.2, 0.25) is 5.91 Å². The number of halogens is 3. The molecule has 3 heterocycles. The number of benzene rings is 4. The first-order chi connectivity index (χ1) is 27.0. The van der Waals surface area contributed by atoms with Gasteiger partial charge in [-0.15, -0.1) is 11.3 Å². The summed E-state index contributed by atoms with van der Waals surface area (Å²) in [5.41, 5.74) is 1.09. The molecule has 0 bridgehead atoms. The molecule has 7 rings (SSSR count). The Balaban J connectivity index is 1.15. The number of ether oxygens (including phenoxy) is 4. The van der Waals surface area contributed by atoms with Gasteiger partial charge in [-0.25, -0.2) is 9.59 Å². The van der Waals surface area contributed by atoms with E-state index in [1.807, 2.05) is 17.5 Å². The summed E-state index contributed by atoms with van der Waals surface area (Å²) in [4.78, 5) is 56.0. The van der Waals surface area contributed by atoms with Crippen molar-refractivity contribution in [2.24, 2.45) is 0 Å². The molecule has 1 unspecified atom stereocenters. The molecule has 0 saturated carbocycles. The molecule has 5 aromatic rings. The summed E-state index contributed by atoms with van der Waals surface area (Å²) in [6.07, 6.45) is -2.11. The molecule has 286 valence electrons. The minimum Gasteiger partial charge on any atom is -0.452 e. The SMILES string of the molecule is O=C(Cc1cccs1)N[C@@H]1C(=O)N2C(C(=O)OC(c3ccccc3)c3ccccc3)=C(COC(=O)Oc3cc(Cl)ccc3Oc3ccc(Cl)cc3Cl)CS(=O)[C@H]12. The van der Waals surface area contributed by atoms with E-state index in [1.54, 1.807) is 66.7 Å². The normalized spacial score (nSPS) is 17.5. The number of hydrogen-bond donors (Lipinski definition) is 1. The van der Waals surface area contributed by atoms with Gasteiger partial charge in [0, 0.05) is 26.6 Å². The molecule has 2 aliphatic rings. The van der Waals surface area contributed by atoms with Gasteiger partial charge >= 0.3 is 12.1 Å². The van der Waals surface area contributed by atoms with Crippen LogP contribution in [0.3, 0.4) is 0 Å². The molecule has 0 aliphatic carbocycles. The first-order valence-electron chi connectivity index (χ1n) is 16.9. The van der Waals surface area contributed by atoms with E-state index >= 15 is 0 Å². The summed E-state index contributed by atoms with van der Waals surface area (Å²) in [6.45, 7) is -0.609. The number of nitrogens with zero attached hydrogens (tertiary/aromatic N) is 1. The predicted octanol–water partition coefficient (Wildman–Crippen LogP) is 8.26. The Morgan fingerprint density at radius 3 is 2.14 bits per heavy atom. The van der Waals surface area contributed by atoms with Gasteiger partial charge in [-0.1, -0.05) is 102 Å². The summed E-state index contributed by atoms with van der Waals surface area (Å²) >= 11 is 19.9. The lowest BCUT2D eigenvalue weighted by atomic mass is 10.0. The summed E-state index contributed by atoms with van der Waals surface area (Å²) in [6, 6.07) is 29.3. The van der Waals surface area contributed by atoms with Crippen molar-refractivity contribution >= 4 is 80.9 Å². The van der Waals surface area contributed by atoms with Crippen LogP contribution in [0.2, 0.25) is 15.1 Å². The van der Waals surface area contributed by atoms with Crippen molar-refractivity contribution in [1.29, 1.82) is 0 Å². The predicted molar refractivity (Wildman–Crippen MR) is 211 cm³/mol. The van der Waals surface area contributed by atoms with Gasteiger partial charge < -0.3 is 24.3 Å². The summed E-state index contributed by atoms with van der Waals surface area (Å²) < 4.78 is 36.7. The first kappa shape index (κ1) is 39.1. The topological polar surface area (TPSA) is 138 Å². The first-order valence-corrected chi connectivity index (χ1v) is 20.3. The highest BCUT2D eigenvalue weighted by molar-refractivity contribution is 7.86. The molecule has 4 aromatic carbocycles. The highest BCUT2D eigenvalue weighted by atomic mass is 35.5. The lowest BCUT2D eigenvalue weighted by Crippen LogP contribution is -2.73. The Labute approximate surface area is 342 Å². The molecule has 2 amide bonds. The number of β-lactam (4-membered cyclic amide) rings is 1. The van der Waals surface area contributed by atoms with Crippen molar-refractivity contribution in [2.75, 3.05) is 12.4 Å². The Morgan fingerprint density at radius 1 is 0.839 bits per heavy atom.